The highest BCUT2D eigenvalue weighted by Crippen LogP contribution is 2.34. The van der Waals surface area contributed by atoms with Crippen LogP contribution in [0.1, 0.15) is 12.6 Å². The summed E-state index contributed by atoms with van der Waals surface area (Å²) in [5, 5.41) is 7.32. The second-order valence-electron chi connectivity index (χ2n) is 3.53. The molecule has 17 heavy (non-hydrogen) atoms. The molecule has 1 heterocycles. The summed E-state index contributed by atoms with van der Waals surface area (Å²) < 4.78 is 0. The van der Waals surface area contributed by atoms with Crippen LogP contribution in [0.2, 0.25) is 10.0 Å². The van der Waals surface area contributed by atoms with Gasteiger partial charge in [-0.1, -0.05) is 42.3 Å². The number of benzene rings is 1. The summed E-state index contributed by atoms with van der Waals surface area (Å²) in [5.74, 6) is 0. The van der Waals surface area contributed by atoms with Gasteiger partial charge < -0.3 is 5.32 Å². The van der Waals surface area contributed by atoms with Crippen LogP contribution in [0, 0.1) is 0 Å². The standard InChI is InChI=1S/C12H12Cl2N2S/c1-2-15-6-8-7-17-12(16-8)9-4-3-5-10(13)11(9)14/h3-5,7,15H,2,6H2,1H3. The maximum atomic E-state index is 6.16. The number of hydrogen-bond acceptors (Lipinski definition) is 3. The van der Waals surface area contributed by atoms with Gasteiger partial charge in [0.2, 0.25) is 0 Å². The second kappa shape index (κ2) is 5.83. The highest BCUT2D eigenvalue weighted by atomic mass is 35.5. The maximum Gasteiger partial charge on any atom is 0.125 e. The number of nitrogens with zero attached hydrogens (tertiary/aromatic N) is 1. The van der Waals surface area contributed by atoms with Gasteiger partial charge in [-0.15, -0.1) is 11.3 Å². The molecule has 0 saturated carbocycles. The first-order valence-corrected chi connectivity index (χ1v) is 6.95. The zero-order valence-electron chi connectivity index (χ0n) is 9.34. The van der Waals surface area contributed by atoms with Crippen molar-refractivity contribution < 1.29 is 0 Å². The summed E-state index contributed by atoms with van der Waals surface area (Å²) in [4.78, 5) is 4.53. The lowest BCUT2D eigenvalue weighted by Gasteiger charge is -2.01. The molecule has 0 radical (unpaired) electrons. The molecule has 0 aliphatic heterocycles. The normalized spacial score (nSPS) is 10.8. The largest absolute Gasteiger partial charge is 0.311 e. The molecular formula is C12H12Cl2N2S. The Morgan fingerprint density at radius 3 is 2.94 bits per heavy atom. The predicted octanol–water partition coefficient (Wildman–Crippen LogP) is 4.23. The second-order valence-corrected chi connectivity index (χ2v) is 5.17. The number of rotatable bonds is 4. The van der Waals surface area contributed by atoms with Gasteiger partial charge in [-0.25, -0.2) is 4.98 Å². The van der Waals surface area contributed by atoms with Crippen molar-refractivity contribution in [3.05, 3.63) is 39.3 Å². The molecule has 0 fully saturated rings. The summed E-state index contributed by atoms with van der Waals surface area (Å²) in [6.45, 7) is 3.79. The van der Waals surface area contributed by atoms with Crippen LogP contribution >= 0.6 is 34.5 Å². The highest BCUT2D eigenvalue weighted by Gasteiger charge is 2.10. The highest BCUT2D eigenvalue weighted by molar-refractivity contribution is 7.13. The zero-order chi connectivity index (χ0) is 12.3. The number of halogens is 2. The Morgan fingerprint density at radius 1 is 1.35 bits per heavy atom. The minimum atomic E-state index is 0.563. The third-order valence-corrected chi connectivity index (χ3v) is 4.03. The fraction of sp³-hybridized carbons (Fsp3) is 0.250. The Balaban J connectivity index is 2.27. The molecule has 1 aromatic heterocycles. The molecule has 1 N–H and O–H groups in total. The van der Waals surface area contributed by atoms with Crippen molar-refractivity contribution in [3.63, 3.8) is 0 Å². The Kier molecular flexibility index (Phi) is 4.40. The van der Waals surface area contributed by atoms with Gasteiger partial charge in [0.1, 0.15) is 5.01 Å². The van der Waals surface area contributed by atoms with Crippen LogP contribution in [0.15, 0.2) is 23.6 Å². The number of aromatic nitrogens is 1. The molecule has 1 aromatic carbocycles. The first-order valence-electron chi connectivity index (χ1n) is 5.32. The van der Waals surface area contributed by atoms with Crippen LogP contribution in [0.3, 0.4) is 0 Å². The smallest absolute Gasteiger partial charge is 0.125 e. The Bertz CT molecular complexity index is 511. The van der Waals surface area contributed by atoms with Gasteiger partial charge in [0.05, 0.1) is 15.7 Å². The van der Waals surface area contributed by atoms with E-state index >= 15 is 0 Å². The van der Waals surface area contributed by atoms with Crippen LogP contribution in [-0.2, 0) is 6.54 Å². The minimum Gasteiger partial charge on any atom is -0.311 e. The fourth-order valence-electron chi connectivity index (χ4n) is 1.43. The molecule has 0 spiro atoms. The quantitative estimate of drug-likeness (QED) is 0.910. The van der Waals surface area contributed by atoms with Crippen molar-refractivity contribution in [2.75, 3.05) is 6.54 Å². The summed E-state index contributed by atoms with van der Waals surface area (Å²) in [6.07, 6.45) is 0. The summed E-state index contributed by atoms with van der Waals surface area (Å²) in [6, 6.07) is 5.60. The monoisotopic (exact) mass is 286 g/mol. The molecule has 0 amide bonds. The van der Waals surface area contributed by atoms with E-state index < -0.39 is 0 Å². The number of hydrogen-bond donors (Lipinski definition) is 1. The van der Waals surface area contributed by atoms with E-state index in [9.17, 15) is 0 Å². The van der Waals surface area contributed by atoms with Crippen molar-refractivity contribution in [2.24, 2.45) is 0 Å². The van der Waals surface area contributed by atoms with E-state index in [1.807, 2.05) is 17.5 Å². The molecule has 0 bridgehead atoms. The third kappa shape index (κ3) is 2.99. The molecule has 2 aromatic rings. The van der Waals surface area contributed by atoms with Crippen molar-refractivity contribution in [1.29, 1.82) is 0 Å². The first kappa shape index (κ1) is 12.8. The molecule has 0 unspecified atom stereocenters. The first-order chi connectivity index (χ1) is 8.22. The van der Waals surface area contributed by atoms with Crippen LogP contribution in [-0.4, -0.2) is 11.5 Å². The third-order valence-electron chi connectivity index (χ3n) is 2.29. The Hall–Kier alpha value is -0.610. The lowest BCUT2D eigenvalue weighted by Crippen LogP contribution is -2.11. The summed E-state index contributed by atoms with van der Waals surface area (Å²) in [7, 11) is 0. The number of nitrogens with one attached hydrogen (secondary N) is 1. The van der Waals surface area contributed by atoms with E-state index in [-0.39, 0.29) is 0 Å². The van der Waals surface area contributed by atoms with Crippen LogP contribution < -0.4 is 5.32 Å². The molecule has 0 saturated heterocycles. The SMILES string of the molecule is CCNCc1csc(-c2cccc(Cl)c2Cl)n1. The van der Waals surface area contributed by atoms with E-state index in [4.69, 9.17) is 23.2 Å². The van der Waals surface area contributed by atoms with Crippen molar-refractivity contribution >= 4 is 34.5 Å². The summed E-state index contributed by atoms with van der Waals surface area (Å²) in [5.41, 5.74) is 1.93. The lowest BCUT2D eigenvalue weighted by molar-refractivity contribution is 0.715. The van der Waals surface area contributed by atoms with E-state index in [0.29, 0.717) is 10.0 Å². The van der Waals surface area contributed by atoms with Gasteiger partial charge in [0, 0.05) is 17.5 Å². The zero-order valence-corrected chi connectivity index (χ0v) is 11.7. The van der Waals surface area contributed by atoms with Crippen molar-refractivity contribution in [2.45, 2.75) is 13.5 Å². The molecule has 0 aliphatic carbocycles. The topological polar surface area (TPSA) is 24.9 Å². The van der Waals surface area contributed by atoms with Gasteiger partial charge in [0.25, 0.3) is 0 Å². The molecular weight excluding hydrogens is 275 g/mol. The van der Waals surface area contributed by atoms with Crippen LogP contribution in [0.4, 0.5) is 0 Å². The molecule has 5 heteroatoms. The van der Waals surface area contributed by atoms with Gasteiger partial charge in [-0.2, -0.15) is 0 Å². The molecule has 0 aliphatic rings. The van der Waals surface area contributed by atoms with Gasteiger partial charge in [0.15, 0.2) is 0 Å². The van der Waals surface area contributed by atoms with Gasteiger partial charge in [-0.3, -0.25) is 0 Å². The van der Waals surface area contributed by atoms with Gasteiger partial charge >= 0.3 is 0 Å². The summed E-state index contributed by atoms with van der Waals surface area (Å²) >= 11 is 13.7. The average Bonchev–Trinajstić information content (AvgIpc) is 2.78. The maximum absolute atomic E-state index is 6.16. The predicted molar refractivity (Wildman–Crippen MR) is 75.0 cm³/mol. The fourth-order valence-corrected chi connectivity index (χ4v) is 2.73. The lowest BCUT2D eigenvalue weighted by atomic mass is 10.2. The Morgan fingerprint density at radius 2 is 2.18 bits per heavy atom. The minimum absolute atomic E-state index is 0.563. The van der Waals surface area contributed by atoms with E-state index in [1.165, 1.54) is 0 Å². The van der Waals surface area contributed by atoms with E-state index in [1.54, 1.807) is 17.4 Å². The van der Waals surface area contributed by atoms with Crippen molar-refractivity contribution in [1.82, 2.24) is 10.3 Å². The van der Waals surface area contributed by atoms with E-state index in [2.05, 4.69) is 17.2 Å². The molecule has 2 nitrogen and oxygen atoms in total. The average molecular weight is 287 g/mol. The van der Waals surface area contributed by atoms with Crippen LogP contribution in [0.25, 0.3) is 10.6 Å². The van der Waals surface area contributed by atoms with Crippen LogP contribution in [0.5, 0.6) is 0 Å². The number of thiazole rings is 1. The van der Waals surface area contributed by atoms with Gasteiger partial charge in [-0.05, 0) is 12.6 Å². The molecule has 2 rings (SSSR count). The van der Waals surface area contributed by atoms with E-state index in [0.717, 1.165) is 29.4 Å². The Labute approximate surface area is 115 Å². The molecule has 0 atom stereocenters. The van der Waals surface area contributed by atoms with Crippen molar-refractivity contribution in [3.8, 4) is 10.6 Å². The molecule has 90 valence electrons.